The van der Waals surface area contributed by atoms with Gasteiger partial charge in [0, 0.05) is 6.54 Å². The van der Waals surface area contributed by atoms with E-state index in [-0.39, 0.29) is 22.5 Å². The Morgan fingerprint density at radius 1 is 1.32 bits per heavy atom. The molecular formula is C16H22N4O4S. The van der Waals surface area contributed by atoms with Crippen molar-refractivity contribution in [2.45, 2.75) is 37.1 Å². The fourth-order valence-corrected chi connectivity index (χ4v) is 2.77. The molecule has 5 N–H and O–H groups in total. The van der Waals surface area contributed by atoms with Gasteiger partial charge in [-0.2, -0.15) is 0 Å². The summed E-state index contributed by atoms with van der Waals surface area (Å²) in [5.41, 5.74) is 6.96. The molecule has 1 aromatic heterocycles. The minimum atomic E-state index is -3.70. The number of nitrogens with two attached hydrogens (primary N) is 2. The van der Waals surface area contributed by atoms with E-state index < -0.39 is 10.0 Å². The van der Waals surface area contributed by atoms with Gasteiger partial charge in [-0.3, -0.25) is 4.79 Å². The van der Waals surface area contributed by atoms with Gasteiger partial charge in [0.2, 0.25) is 15.9 Å². The maximum Gasteiger partial charge on any atom is 0.273 e. The smallest absolute Gasteiger partial charge is 0.273 e. The lowest BCUT2D eigenvalue weighted by atomic mass is 10.1. The van der Waals surface area contributed by atoms with Crippen molar-refractivity contribution in [2.24, 2.45) is 10.9 Å². The second kappa shape index (κ2) is 8.24. The van der Waals surface area contributed by atoms with Crippen LogP contribution in [-0.2, 0) is 16.4 Å². The third-order valence-corrected chi connectivity index (χ3v) is 4.55. The number of aromatic nitrogens is 1. The first-order valence-corrected chi connectivity index (χ1v) is 9.47. The summed E-state index contributed by atoms with van der Waals surface area (Å²) in [6.45, 7) is 2.38. The Morgan fingerprint density at radius 2 is 2.00 bits per heavy atom. The molecule has 0 bridgehead atoms. The Bertz CT molecular complexity index is 815. The van der Waals surface area contributed by atoms with Gasteiger partial charge < -0.3 is 15.5 Å². The molecule has 0 saturated heterocycles. The average Bonchev–Trinajstić information content (AvgIpc) is 3.05. The van der Waals surface area contributed by atoms with Crippen LogP contribution in [0.2, 0.25) is 0 Å². The zero-order valence-corrected chi connectivity index (χ0v) is 14.8. The van der Waals surface area contributed by atoms with E-state index in [0.29, 0.717) is 18.9 Å². The van der Waals surface area contributed by atoms with E-state index in [9.17, 15) is 13.2 Å². The summed E-state index contributed by atoms with van der Waals surface area (Å²) in [6, 6.07) is 5.87. The number of oxazole rings is 1. The number of carbonyl (C=O) groups is 1. The second-order valence-electron chi connectivity index (χ2n) is 5.66. The fraction of sp³-hybridized carbons (Fsp3) is 0.375. The number of hydrogen-bond acceptors (Lipinski definition) is 6. The van der Waals surface area contributed by atoms with Gasteiger partial charge >= 0.3 is 0 Å². The van der Waals surface area contributed by atoms with Gasteiger partial charge in [-0.1, -0.05) is 25.5 Å². The average molecular weight is 366 g/mol. The van der Waals surface area contributed by atoms with E-state index in [4.69, 9.17) is 15.3 Å². The summed E-state index contributed by atoms with van der Waals surface area (Å²) < 4.78 is 27.6. The number of amides is 1. The van der Waals surface area contributed by atoms with Crippen LogP contribution in [0.5, 0.6) is 0 Å². The number of primary sulfonamides is 1. The van der Waals surface area contributed by atoms with Crippen LogP contribution in [0.15, 0.2) is 39.8 Å². The zero-order valence-electron chi connectivity index (χ0n) is 13.9. The van der Waals surface area contributed by atoms with Gasteiger partial charge in [0.1, 0.15) is 6.26 Å². The van der Waals surface area contributed by atoms with Gasteiger partial charge in [-0.25, -0.2) is 18.5 Å². The highest BCUT2D eigenvalue weighted by Gasteiger charge is 2.16. The minimum Gasteiger partial charge on any atom is -0.446 e. The van der Waals surface area contributed by atoms with Crippen LogP contribution in [0.1, 0.15) is 47.7 Å². The van der Waals surface area contributed by atoms with Crippen LogP contribution in [0.3, 0.4) is 0 Å². The lowest BCUT2D eigenvalue weighted by molar-refractivity contribution is 0.0949. The minimum absolute atomic E-state index is 0.0545. The van der Waals surface area contributed by atoms with Crippen LogP contribution >= 0.6 is 0 Å². The predicted molar refractivity (Wildman–Crippen MR) is 92.2 cm³/mol. The third kappa shape index (κ3) is 5.38. The summed E-state index contributed by atoms with van der Waals surface area (Å²) in [6.07, 6.45) is 3.46. The second-order valence-corrected chi connectivity index (χ2v) is 7.22. The number of rotatable bonds is 8. The molecule has 0 spiro atoms. The summed E-state index contributed by atoms with van der Waals surface area (Å²) in [4.78, 5) is 16.2. The van der Waals surface area contributed by atoms with Gasteiger partial charge in [0.15, 0.2) is 5.69 Å². The molecule has 0 aliphatic rings. The predicted octanol–water partition coefficient (Wildman–Crippen LogP) is 1.09. The van der Waals surface area contributed by atoms with E-state index >= 15 is 0 Å². The highest BCUT2D eigenvalue weighted by atomic mass is 32.2. The molecule has 0 saturated carbocycles. The molecule has 9 heteroatoms. The Morgan fingerprint density at radius 3 is 2.60 bits per heavy atom. The van der Waals surface area contributed by atoms with Gasteiger partial charge in [-0.15, -0.1) is 0 Å². The molecule has 1 aromatic carbocycles. The SMILES string of the molecule is CCCC(N)c1nc(C(=O)NCCc2ccc(S(N)(=O)=O)cc2)co1. The molecule has 25 heavy (non-hydrogen) atoms. The van der Waals surface area contributed by atoms with Crippen molar-refractivity contribution < 1.29 is 17.6 Å². The monoisotopic (exact) mass is 366 g/mol. The van der Waals surface area contributed by atoms with Crippen molar-refractivity contribution in [3.05, 3.63) is 47.7 Å². The van der Waals surface area contributed by atoms with Gasteiger partial charge in [0.25, 0.3) is 5.91 Å². The molecule has 136 valence electrons. The number of nitrogens with zero attached hydrogens (tertiary/aromatic N) is 1. The molecule has 0 aliphatic heterocycles. The van der Waals surface area contributed by atoms with Crippen LogP contribution in [0, 0.1) is 0 Å². The Kier molecular flexibility index (Phi) is 6.29. The van der Waals surface area contributed by atoms with E-state index in [1.54, 1.807) is 12.1 Å². The Hall–Kier alpha value is -2.23. The van der Waals surface area contributed by atoms with E-state index in [0.717, 1.165) is 18.4 Å². The number of benzene rings is 1. The molecule has 8 nitrogen and oxygen atoms in total. The molecular weight excluding hydrogens is 344 g/mol. The van der Waals surface area contributed by atoms with Crippen molar-refractivity contribution in [1.82, 2.24) is 10.3 Å². The summed E-state index contributed by atoms with van der Waals surface area (Å²) >= 11 is 0. The van der Waals surface area contributed by atoms with Crippen LogP contribution < -0.4 is 16.2 Å². The maximum atomic E-state index is 12.0. The Balaban J connectivity index is 1.86. The Labute approximate surface area is 146 Å². The van der Waals surface area contributed by atoms with Crippen molar-refractivity contribution in [2.75, 3.05) is 6.54 Å². The van der Waals surface area contributed by atoms with Crippen LogP contribution in [0.4, 0.5) is 0 Å². The van der Waals surface area contributed by atoms with Gasteiger partial charge in [-0.05, 0) is 30.5 Å². The molecule has 2 rings (SSSR count). The maximum absolute atomic E-state index is 12.0. The fourth-order valence-electron chi connectivity index (χ4n) is 2.25. The highest BCUT2D eigenvalue weighted by Crippen LogP contribution is 2.15. The first kappa shape index (κ1) is 19.1. The molecule has 2 aromatic rings. The van der Waals surface area contributed by atoms with E-state index in [1.165, 1.54) is 18.4 Å². The topological polar surface area (TPSA) is 141 Å². The third-order valence-electron chi connectivity index (χ3n) is 3.62. The van der Waals surface area contributed by atoms with Gasteiger partial charge in [0.05, 0.1) is 10.9 Å². The molecule has 1 atom stereocenters. The summed E-state index contributed by atoms with van der Waals surface area (Å²) in [7, 11) is -3.70. The van der Waals surface area contributed by atoms with Crippen LogP contribution in [0.25, 0.3) is 0 Å². The van der Waals surface area contributed by atoms with E-state index in [2.05, 4.69) is 10.3 Å². The van der Waals surface area contributed by atoms with E-state index in [1.807, 2.05) is 6.92 Å². The summed E-state index contributed by atoms with van der Waals surface area (Å²) in [5, 5.41) is 7.78. The molecule has 1 heterocycles. The standard InChI is InChI=1S/C16H22N4O4S/c1-2-3-13(17)16-20-14(10-24-16)15(21)19-9-8-11-4-6-12(7-5-11)25(18,22)23/h4-7,10,13H,2-3,8-9,17H2,1H3,(H,19,21)(H2,18,22,23). The lowest BCUT2D eigenvalue weighted by Gasteiger charge is -2.05. The zero-order chi connectivity index (χ0) is 18.4. The van der Waals surface area contributed by atoms with Crippen molar-refractivity contribution >= 4 is 15.9 Å². The molecule has 0 fully saturated rings. The van der Waals surface area contributed by atoms with Crippen LogP contribution in [-0.4, -0.2) is 25.9 Å². The van der Waals surface area contributed by atoms with Crippen molar-refractivity contribution in [3.63, 3.8) is 0 Å². The number of sulfonamides is 1. The summed E-state index contributed by atoms with van der Waals surface area (Å²) in [5.74, 6) is 0.00503. The molecule has 1 unspecified atom stereocenters. The first-order chi connectivity index (χ1) is 11.8. The number of carbonyl (C=O) groups excluding carboxylic acids is 1. The molecule has 0 aliphatic carbocycles. The van der Waals surface area contributed by atoms with Crippen molar-refractivity contribution in [1.29, 1.82) is 0 Å². The molecule has 0 radical (unpaired) electrons. The first-order valence-electron chi connectivity index (χ1n) is 7.92. The van der Waals surface area contributed by atoms with Crippen molar-refractivity contribution in [3.8, 4) is 0 Å². The largest absolute Gasteiger partial charge is 0.446 e. The molecule has 1 amide bonds. The quantitative estimate of drug-likeness (QED) is 0.638. The highest BCUT2D eigenvalue weighted by molar-refractivity contribution is 7.89. The number of hydrogen-bond donors (Lipinski definition) is 3. The normalized spacial score (nSPS) is 12.8. The lowest BCUT2D eigenvalue weighted by Crippen LogP contribution is -2.26. The number of nitrogens with one attached hydrogen (secondary N) is 1.